The van der Waals surface area contributed by atoms with Gasteiger partial charge in [-0.15, -0.1) is 0 Å². The van der Waals surface area contributed by atoms with E-state index >= 15 is 0 Å². The Labute approximate surface area is 85.4 Å². The summed E-state index contributed by atoms with van der Waals surface area (Å²) in [4.78, 5) is 0. The minimum atomic E-state index is -0.00430. The second-order valence-corrected chi connectivity index (χ2v) is 3.28. The molecule has 0 radical (unpaired) electrons. The summed E-state index contributed by atoms with van der Waals surface area (Å²) < 4.78 is 11.2. The highest BCUT2D eigenvalue weighted by molar-refractivity contribution is 9.10. The summed E-state index contributed by atoms with van der Waals surface area (Å²) in [5.41, 5.74) is 0. The number of aliphatic hydroxyl groups excluding tert-OH is 1. The van der Waals surface area contributed by atoms with Crippen molar-refractivity contribution in [2.45, 2.75) is 0 Å². The lowest BCUT2D eigenvalue weighted by Crippen LogP contribution is -2.02. The quantitative estimate of drug-likeness (QED) is 0.882. The van der Waals surface area contributed by atoms with Crippen LogP contribution in [0.15, 0.2) is 22.7 Å². The molecule has 0 heterocycles. The molecule has 1 aromatic carbocycles. The molecule has 0 unspecified atom stereocenters. The molecule has 0 saturated heterocycles. The number of ether oxygens (including phenoxy) is 2. The molecule has 0 aliphatic carbocycles. The van der Waals surface area contributed by atoms with Gasteiger partial charge in [0.25, 0.3) is 0 Å². The maximum absolute atomic E-state index is 8.58. The highest BCUT2D eigenvalue weighted by Gasteiger charge is 2.03. The largest absolute Gasteiger partial charge is 0.493 e. The van der Waals surface area contributed by atoms with Gasteiger partial charge in [-0.1, -0.05) is 15.9 Å². The first-order chi connectivity index (χ1) is 6.27. The molecule has 1 aromatic rings. The Bertz CT molecular complexity index is 276. The molecule has 72 valence electrons. The molecule has 3 nitrogen and oxygen atoms in total. The van der Waals surface area contributed by atoms with E-state index in [9.17, 15) is 0 Å². The smallest absolute Gasteiger partial charge is 0.162 e. The average molecular weight is 247 g/mol. The fourth-order valence-electron chi connectivity index (χ4n) is 0.919. The van der Waals surface area contributed by atoms with Gasteiger partial charge in [0.05, 0.1) is 13.7 Å². The van der Waals surface area contributed by atoms with Crippen LogP contribution in [0, 0.1) is 0 Å². The molecule has 1 N–H and O–H groups in total. The van der Waals surface area contributed by atoms with Gasteiger partial charge >= 0.3 is 0 Å². The van der Waals surface area contributed by atoms with Gasteiger partial charge in [-0.2, -0.15) is 0 Å². The summed E-state index contributed by atoms with van der Waals surface area (Å²) in [5, 5.41) is 8.58. The van der Waals surface area contributed by atoms with Gasteiger partial charge in [-0.05, 0) is 18.2 Å². The van der Waals surface area contributed by atoms with Gasteiger partial charge < -0.3 is 14.6 Å². The molecule has 0 spiro atoms. The molecule has 13 heavy (non-hydrogen) atoms. The molecule has 0 aliphatic heterocycles. The van der Waals surface area contributed by atoms with Gasteiger partial charge in [-0.3, -0.25) is 0 Å². The Hall–Kier alpha value is -0.740. The molecule has 0 fully saturated rings. The molecule has 0 saturated carbocycles. The Balaban J connectivity index is 2.81. The minimum absolute atomic E-state index is 0.00430. The highest BCUT2D eigenvalue weighted by Crippen LogP contribution is 2.29. The van der Waals surface area contributed by atoms with Crippen LogP contribution in [0.4, 0.5) is 0 Å². The first kappa shape index (κ1) is 10.3. The SMILES string of the molecule is COc1ccc(Br)cc1OCCO. The fraction of sp³-hybridized carbons (Fsp3) is 0.333. The summed E-state index contributed by atoms with van der Waals surface area (Å²) in [6.07, 6.45) is 0. The predicted molar refractivity (Wildman–Crippen MR) is 53.3 cm³/mol. The third kappa shape index (κ3) is 2.90. The van der Waals surface area contributed by atoms with Crippen molar-refractivity contribution in [1.82, 2.24) is 0 Å². The normalized spacial score (nSPS) is 9.77. The molecule has 0 aliphatic rings. The number of hydrogen-bond donors (Lipinski definition) is 1. The van der Waals surface area contributed by atoms with Crippen LogP contribution in [-0.2, 0) is 0 Å². The highest BCUT2D eigenvalue weighted by atomic mass is 79.9. The first-order valence-electron chi connectivity index (χ1n) is 3.85. The number of halogens is 1. The standard InChI is InChI=1S/C9H11BrO3/c1-12-8-3-2-7(10)6-9(8)13-5-4-11/h2-3,6,11H,4-5H2,1H3. The molecular formula is C9H11BrO3. The summed E-state index contributed by atoms with van der Waals surface area (Å²) in [7, 11) is 1.58. The van der Waals surface area contributed by atoms with Crippen LogP contribution in [0.2, 0.25) is 0 Å². The summed E-state index contributed by atoms with van der Waals surface area (Å²) >= 11 is 3.32. The van der Waals surface area contributed by atoms with Gasteiger partial charge in [-0.25, -0.2) is 0 Å². The Morgan fingerprint density at radius 2 is 2.15 bits per heavy atom. The summed E-state index contributed by atoms with van der Waals surface area (Å²) in [6.45, 7) is 0.266. The van der Waals surface area contributed by atoms with E-state index in [0.29, 0.717) is 11.5 Å². The molecule has 0 amide bonds. The van der Waals surface area contributed by atoms with Crippen LogP contribution in [0.3, 0.4) is 0 Å². The Morgan fingerprint density at radius 3 is 2.77 bits per heavy atom. The number of aliphatic hydroxyl groups is 1. The van der Waals surface area contributed by atoms with E-state index in [0.717, 1.165) is 4.47 Å². The van der Waals surface area contributed by atoms with Gasteiger partial charge in [0.2, 0.25) is 0 Å². The maximum Gasteiger partial charge on any atom is 0.162 e. The van der Waals surface area contributed by atoms with E-state index in [-0.39, 0.29) is 13.2 Å². The number of benzene rings is 1. The van der Waals surface area contributed by atoms with Crippen molar-refractivity contribution in [3.8, 4) is 11.5 Å². The van der Waals surface area contributed by atoms with Gasteiger partial charge in [0, 0.05) is 4.47 Å². The number of hydrogen-bond acceptors (Lipinski definition) is 3. The summed E-state index contributed by atoms with van der Waals surface area (Å²) in [5.74, 6) is 1.29. The predicted octanol–water partition coefficient (Wildman–Crippen LogP) is 1.83. The molecule has 1 rings (SSSR count). The van der Waals surface area contributed by atoms with Gasteiger partial charge in [0.15, 0.2) is 11.5 Å². The lowest BCUT2D eigenvalue weighted by atomic mass is 10.3. The second-order valence-electron chi connectivity index (χ2n) is 2.37. The monoisotopic (exact) mass is 246 g/mol. The number of methoxy groups -OCH3 is 1. The van der Waals surface area contributed by atoms with Crippen LogP contribution >= 0.6 is 15.9 Å². The van der Waals surface area contributed by atoms with E-state index in [4.69, 9.17) is 14.6 Å². The van der Waals surface area contributed by atoms with E-state index in [1.165, 1.54) is 0 Å². The van der Waals surface area contributed by atoms with Crippen molar-refractivity contribution < 1.29 is 14.6 Å². The Morgan fingerprint density at radius 1 is 1.38 bits per heavy atom. The van der Waals surface area contributed by atoms with Crippen molar-refractivity contribution >= 4 is 15.9 Å². The molecule has 0 atom stereocenters. The van der Waals surface area contributed by atoms with Crippen molar-refractivity contribution in [1.29, 1.82) is 0 Å². The van der Waals surface area contributed by atoms with Crippen molar-refractivity contribution in [2.24, 2.45) is 0 Å². The lowest BCUT2D eigenvalue weighted by molar-refractivity contribution is 0.196. The molecular weight excluding hydrogens is 236 g/mol. The lowest BCUT2D eigenvalue weighted by Gasteiger charge is -2.09. The third-order valence-corrected chi connectivity index (χ3v) is 1.97. The third-order valence-electron chi connectivity index (χ3n) is 1.47. The topological polar surface area (TPSA) is 38.7 Å². The van der Waals surface area contributed by atoms with E-state index in [1.807, 2.05) is 6.07 Å². The van der Waals surface area contributed by atoms with E-state index in [2.05, 4.69) is 15.9 Å². The van der Waals surface area contributed by atoms with Crippen LogP contribution in [0.1, 0.15) is 0 Å². The molecule has 0 bridgehead atoms. The van der Waals surface area contributed by atoms with Crippen LogP contribution in [0.25, 0.3) is 0 Å². The fourth-order valence-corrected chi connectivity index (χ4v) is 1.26. The molecule has 0 aromatic heterocycles. The van der Waals surface area contributed by atoms with E-state index < -0.39 is 0 Å². The van der Waals surface area contributed by atoms with Crippen LogP contribution in [0.5, 0.6) is 11.5 Å². The zero-order valence-corrected chi connectivity index (χ0v) is 8.87. The maximum atomic E-state index is 8.58. The zero-order valence-electron chi connectivity index (χ0n) is 7.29. The van der Waals surface area contributed by atoms with Crippen molar-refractivity contribution in [2.75, 3.05) is 20.3 Å². The average Bonchev–Trinajstić information content (AvgIpc) is 2.15. The van der Waals surface area contributed by atoms with Crippen molar-refractivity contribution in [3.05, 3.63) is 22.7 Å². The summed E-state index contributed by atoms with van der Waals surface area (Å²) in [6, 6.07) is 5.47. The minimum Gasteiger partial charge on any atom is -0.493 e. The van der Waals surface area contributed by atoms with Crippen LogP contribution in [-0.4, -0.2) is 25.4 Å². The van der Waals surface area contributed by atoms with Crippen molar-refractivity contribution in [3.63, 3.8) is 0 Å². The zero-order chi connectivity index (χ0) is 9.68. The second kappa shape index (κ2) is 5.09. The first-order valence-corrected chi connectivity index (χ1v) is 4.64. The van der Waals surface area contributed by atoms with Gasteiger partial charge in [0.1, 0.15) is 6.61 Å². The Kier molecular flexibility index (Phi) is 4.05. The van der Waals surface area contributed by atoms with Crippen LogP contribution < -0.4 is 9.47 Å². The number of rotatable bonds is 4. The van der Waals surface area contributed by atoms with E-state index in [1.54, 1.807) is 19.2 Å². The molecule has 4 heteroatoms.